The maximum Gasteiger partial charge on any atom is 0.248 e. The summed E-state index contributed by atoms with van der Waals surface area (Å²) in [4.78, 5) is 20.2. The minimum atomic E-state index is -0.0136. The van der Waals surface area contributed by atoms with E-state index in [-0.39, 0.29) is 12.5 Å². The second-order valence-corrected chi connectivity index (χ2v) is 6.03. The van der Waals surface area contributed by atoms with Gasteiger partial charge in [-0.15, -0.1) is 0 Å². The number of hydrogen-bond donors (Lipinski definition) is 0. The standard InChI is InChI=1S/C17H17ClN4O2/c1-24-11-16(23)21-4-6-22(7-5-21)17-12(9-19)10-20-15-3-2-13(18)8-14(15)17/h2-3,8,10H,4-7,11H2,1H3. The number of rotatable bonds is 3. The number of carbonyl (C=O) groups excluding carboxylic acids is 1. The molecule has 3 rings (SSSR count). The van der Waals surface area contributed by atoms with Crippen molar-refractivity contribution in [3.8, 4) is 6.07 Å². The number of benzene rings is 1. The van der Waals surface area contributed by atoms with Crippen molar-refractivity contribution in [3.05, 3.63) is 35.0 Å². The van der Waals surface area contributed by atoms with Crippen LogP contribution in [-0.2, 0) is 9.53 Å². The number of amides is 1. The Morgan fingerprint density at radius 2 is 2.12 bits per heavy atom. The van der Waals surface area contributed by atoms with Crippen molar-refractivity contribution < 1.29 is 9.53 Å². The maximum absolute atomic E-state index is 11.9. The number of ether oxygens (including phenoxy) is 1. The number of halogens is 1. The molecule has 1 aromatic carbocycles. The van der Waals surface area contributed by atoms with Gasteiger partial charge >= 0.3 is 0 Å². The Balaban J connectivity index is 1.91. The number of methoxy groups -OCH3 is 1. The summed E-state index contributed by atoms with van der Waals surface area (Å²) in [6.07, 6.45) is 1.59. The minimum Gasteiger partial charge on any atom is -0.375 e. The molecule has 0 saturated carbocycles. The second kappa shape index (κ2) is 7.04. The molecule has 0 bridgehead atoms. The highest BCUT2D eigenvalue weighted by atomic mass is 35.5. The lowest BCUT2D eigenvalue weighted by molar-refractivity contribution is -0.135. The molecule has 0 spiro atoms. The number of hydrogen-bond acceptors (Lipinski definition) is 5. The fraction of sp³-hybridized carbons (Fsp3) is 0.353. The molecule has 1 amide bonds. The molecule has 1 aliphatic heterocycles. The van der Waals surface area contributed by atoms with E-state index in [0.717, 1.165) is 16.6 Å². The van der Waals surface area contributed by atoms with E-state index in [1.165, 1.54) is 7.11 Å². The van der Waals surface area contributed by atoms with Crippen molar-refractivity contribution in [3.63, 3.8) is 0 Å². The first-order valence-electron chi connectivity index (χ1n) is 7.64. The molecule has 0 aliphatic carbocycles. The van der Waals surface area contributed by atoms with E-state index in [2.05, 4.69) is 16.0 Å². The number of fused-ring (bicyclic) bond motifs is 1. The molecule has 7 heteroatoms. The smallest absolute Gasteiger partial charge is 0.248 e. The molecule has 2 aromatic rings. The van der Waals surface area contributed by atoms with E-state index in [1.807, 2.05) is 12.1 Å². The number of piperazine rings is 1. The highest BCUT2D eigenvalue weighted by Crippen LogP contribution is 2.31. The Morgan fingerprint density at radius 3 is 2.79 bits per heavy atom. The van der Waals surface area contributed by atoms with Crippen LogP contribution in [0.1, 0.15) is 5.56 Å². The Kier molecular flexibility index (Phi) is 4.84. The summed E-state index contributed by atoms with van der Waals surface area (Å²) in [6.45, 7) is 2.58. The van der Waals surface area contributed by atoms with Crippen LogP contribution in [0, 0.1) is 11.3 Å². The maximum atomic E-state index is 11.9. The van der Waals surface area contributed by atoms with Gasteiger partial charge in [-0.2, -0.15) is 5.26 Å². The molecule has 1 fully saturated rings. The van der Waals surface area contributed by atoms with Gasteiger partial charge in [-0.1, -0.05) is 11.6 Å². The van der Waals surface area contributed by atoms with Crippen LogP contribution < -0.4 is 4.90 Å². The molecule has 0 atom stereocenters. The number of aromatic nitrogens is 1. The predicted molar refractivity (Wildman–Crippen MR) is 92.1 cm³/mol. The molecule has 1 aliphatic rings. The topological polar surface area (TPSA) is 69.5 Å². The molecule has 1 saturated heterocycles. The van der Waals surface area contributed by atoms with Gasteiger partial charge in [0.2, 0.25) is 5.91 Å². The average Bonchev–Trinajstić information content (AvgIpc) is 2.61. The normalized spacial score (nSPS) is 14.7. The van der Waals surface area contributed by atoms with E-state index in [1.54, 1.807) is 17.2 Å². The van der Waals surface area contributed by atoms with Crippen LogP contribution in [0.3, 0.4) is 0 Å². The second-order valence-electron chi connectivity index (χ2n) is 5.59. The van der Waals surface area contributed by atoms with Gasteiger partial charge in [0, 0.05) is 49.9 Å². The molecule has 124 valence electrons. The summed E-state index contributed by atoms with van der Waals surface area (Å²) < 4.78 is 4.90. The number of pyridine rings is 1. The number of carbonyl (C=O) groups is 1. The number of anilines is 1. The summed E-state index contributed by atoms with van der Waals surface area (Å²) in [5.74, 6) is -0.0136. The third-order valence-electron chi connectivity index (χ3n) is 4.14. The van der Waals surface area contributed by atoms with Crippen LogP contribution >= 0.6 is 11.6 Å². The summed E-state index contributed by atoms with van der Waals surface area (Å²) in [7, 11) is 1.51. The SMILES string of the molecule is COCC(=O)N1CCN(c2c(C#N)cnc3ccc(Cl)cc23)CC1. The minimum absolute atomic E-state index is 0.0136. The zero-order valence-electron chi connectivity index (χ0n) is 13.3. The lowest BCUT2D eigenvalue weighted by Crippen LogP contribution is -2.50. The van der Waals surface area contributed by atoms with Gasteiger partial charge in [-0.3, -0.25) is 9.78 Å². The van der Waals surface area contributed by atoms with E-state index in [0.29, 0.717) is 36.8 Å². The van der Waals surface area contributed by atoms with Gasteiger partial charge < -0.3 is 14.5 Å². The highest BCUT2D eigenvalue weighted by Gasteiger charge is 2.24. The first kappa shape index (κ1) is 16.5. The van der Waals surface area contributed by atoms with E-state index in [4.69, 9.17) is 16.3 Å². The van der Waals surface area contributed by atoms with Crippen molar-refractivity contribution in [2.45, 2.75) is 0 Å². The third-order valence-corrected chi connectivity index (χ3v) is 4.37. The van der Waals surface area contributed by atoms with E-state index in [9.17, 15) is 10.1 Å². The van der Waals surface area contributed by atoms with E-state index < -0.39 is 0 Å². The zero-order valence-corrected chi connectivity index (χ0v) is 14.1. The fourth-order valence-electron chi connectivity index (χ4n) is 2.97. The first-order valence-corrected chi connectivity index (χ1v) is 8.02. The number of nitriles is 1. The van der Waals surface area contributed by atoms with Crippen molar-refractivity contribution in [1.82, 2.24) is 9.88 Å². The van der Waals surface area contributed by atoms with Crippen molar-refractivity contribution in [1.29, 1.82) is 5.26 Å². The fourth-order valence-corrected chi connectivity index (χ4v) is 3.14. The first-order chi connectivity index (χ1) is 11.6. The predicted octanol–water partition coefficient (Wildman–Crippen LogP) is 2.05. The molecular weight excluding hydrogens is 328 g/mol. The van der Waals surface area contributed by atoms with Crippen molar-refractivity contribution in [2.24, 2.45) is 0 Å². The molecular formula is C17H17ClN4O2. The van der Waals surface area contributed by atoms with Gasteiger partial charge in [-0.25, -0.2) is 0 Å². The van der Waals surface area contributed by atoms with Crippen LogP contribution in [0.15, 0.2) is 24.4 Å². The monoisotopic (exact) mass is 344 g/mol. The highest BCUT2D eigenvalue weighted by molar-refractivity contribution is 6.31. The van der Waals surface area contributed by atoms with Crippen LogP contribution in [0.25, 0.3) is 10.9 Å². The van der Waals surface area contributed by atoms with E-state index >= 15 is 0 Å². The molecule has 0 N–H and O–H groups in total. The largest absolute Gasteiger partial charge is 0.375 e. The van der Waals surface area contributed by atoms with Crippen molar-refractivity contribution >= 4 is 34.1 Å². The average molecular weight is 345 g/mol. The van der Waals surface area contributed by atoms with Crippen molar-refractivity contribution in [2.75, 3.05) is 44.8 Å². The molecule has 0 radical (unpaired) electrons. The number of nitrogens with zero attached hydrogens (tertiary/aromatic N) is 4. The summed E-state index contributed by atoms with van der Waals surface area (Å²) in [5.41, 5.74) is 2.15. The van der Waals surface area contributed by atoms with Gasteiger partial charge in [-0.05, 0) is 18.2 Å². The zero-order chi connectivity index (χ0) is 17.1. The van der Waals surface area contributed by atoms with Gasteiger partial charge in [0.1, 0.15) is 12.7 Å². The lowest BCUT2D eigenvalue weighted by Gasteiger charge is -2.36. The van der Waals surface area contributed by atoms with Crippen LogP contribution in [-0.4, -0.2) is 55.7 Å². The lowest BCUT2D eigenvalue weighted by atomic mass is 10.1. The summed E-state index contributed by atoms with van der Waals surface area (Å²) >= 11 is 6.13. The molecule has 0 unspecified atom stereocenters. The Labute approximate surface area is 145 Å². The quantitative estimate of drug-likeness (QED) is 0.852. The van der Waals surface area contributed by atoms with Crippen LogP contribution in [0.2, 0.25) is 5.02 Å². The summed E-state index contributed by atoms with van der Waals surface area (Å²) in [5, 5.41) is 10.9. The Morgan fingerprint density at radius 1 is 1.38 bits per heavy atom. The van der Waals surface area contributed by atoms with Gasteiger partial charge in [0.15, 0.2) is 0 Å². The molecule has 6 nitrogen and oxygen atoms in total. The molecule has 1 aromatic heterocycles. The Hall–Kier alpha value is -2.36. The summed E-state index contributed by atoms with van der Waals surface area (Å²) in [6, 6.07) is 7.68. The van der Waals surface area contributed by atoms with Gasteiger partial charge in [0.25, 0.3) is 0 Å². The third kappa shape index (κ3) is 3.14. The van der Waals surface area contributed by atoms with Crippen LogP contribution in [0.5, 0.6) is 0 Å². The van der Waals surface area contributed by atoms with Gasteiger partial charge in [0.05, 0.1) is 16.8 Å². The van der Waals surface area contributed by atoms with Crippen LogP contribution in [0.4, 0.5) is 5.69 Å². The Bertz CT molecular complexity index is 810. The molecule has 24 heavy (non-hydrogen) atoms. The molecule has 2 heterocycles.